The van der Waals surface area contributed by atoms with Crippen LogP contribution in [0, 0.1) is 30.3 Å². The highest BCUT2D eigenvalue weighted by Gasteiger charge is 2.30. The van der Waals surface area contributed by atoms with Gasteiger partial charge in [-0.3, -0.25) is 10.1 Å². The molecule has 0 aliphatic rings. The summed E-state index contributed by atoms with van der Waals surface area (Å²) in [6.07, 6.45) is 0. The van der Waals surface area contributed by atoms with Gasteiger partial charge in [-0.15, -0.1) is 0 Å². The lowest BCUT2D eigenvalue weighted by molar-refractivity contribution is -0.483. The van der Waals surface area contributed by atoms with Gasteiger partial charge in [0.1, 0.15) is 16.7 Å². The molecule has 0 aliphatic carbocycles. The molecule has 1 aromatic heterocycles. The first-order valence-electron chi connectivity index (χ1n) is 3.77. The van der Waals surface area contributed by atoms with E-state index in [1.807, 2.05) is 0 Å². The summed E-state index contributed by atoms with van der Waals surface area (Å²) >= 11 is 0. The summed E-state index contributed by atoms with van der Waals surface area (Å²) in [6.45, 7) is -1.23. The highest BCUT2D eigenvalue weighted by Crippen LogP contribution is 2.15. The Kier molecular flexibility index (Phi) is 3.03. The van der Waals surface area contributed by atoms with Crippen LogP contribution >= 0.6 is 0 Å². The quantitative estimate of drug-likeness (QED) is 0.478. The van der Waals surface area contributed by atoms with Gasteiger partial charge in [0.15, 0.2) is 0 Å². The van der Waals surface area contributed by atoms with E-state index < -0.39 is 39.8 Å². The molecule has 1 rings (SSSR count). The topological polar surface area (TPSA) is 160 Å². The third-order valence-corrected chi connectivity index (χ3v) is 1.54. The van der Waals surface area contributed by atoms with Crippen LogP contribution in [-0.2, 0) is 6.54 Å². The third-order valence-electron chi connectivity index (χ3n) is 1.54. The lowest BCUT2D eigenvalue weighted by atomic mass is 10.6. The average molecular weight is 232 g/mol. The van der Waals surface area contributed by atoms with Crippen molar-refractivity contribution in [1.29, 1.82) is 0 Å². The molecule has 12 heteroatoms. The van der Waals surface area contributed by atoms with Crippen molar-refractivity contribution in [3.8, 4) is 0 Å². The minimum absolute atomic E-state index is 0.475. The second-order valence-corrected chi connectivity index (χ2v) is 2.52. The molecule has 16 heavy (non-hydrogen) atoms. The van der Waals surface area contributed by atoms with Crippen molar-refractivity contribution in [1.82, 2.24) is 14.8 Å². The molecule has 0 amide bonds. The van der Waals surface area contributed by atoms with Gasteiger partial charge in [0.05, 0.1) is 0 Å². The first kappa shape index (κ1) is 11.4. The van der Waals surface area contributed by atoms with Gasteiger partial charge in [0.2, 0.25) is 6.54 Å². The molecule has 12 nitrogen and oxygen atoms in total. The number of rotatable bonds is 5. The van der Waals surface area contributed by atoms with E-state index in [2.05, 4.69) is 10.2 Å². The Morgan fingerprint density at radius 3 is 1.75 bits per heavy atom. The molecule has 0 atom stereocenters. The zero-order valence-electron chi connectivity index (χ0n) is 7.55. The molecule has 1 aromatic rings. The number of nitrogens with zero attached hydrogens (tertiary/aromatic N) is 6. The second kappa shape index (κ2) is 4.24. The Hall–Kier alpha value is -2.66. The highest BCUT2D eigenvalue weighted by molar-refractivity contribution is 5.16. The van der Waals surface area contributed by atoms with Gasteiger partial charge in [-0.05, 0) is 9.85 Å². The lowest BCUT2D eigenvalue weighted by Gasteiger charge is -1.98. The highest BCUT2D eigenvalue weighted by atomic mass is 16.6. The molecular formula is C4H4N6O6. The minimum Gasteiger partial charge on any atom is -0.390 e. The summed E-state index contributed by atoms with van der Waals surface area (Å²) < 4.78 is 0.475. The maximum absolute atomic E-state index is 10.4. The van der Waals surface area contributed by atoms with Crippen LogP contribution in [0.15, 0.2) is 0 Å². The zero-order valence-corrected chi connectivity index (χ0v) is 7.55. The van der Waals surface area contributed by atoms with E-state index in [-0.39, 0.29) is 0 Å². The summed E-state index contributed by atoms with van der Waals surface area (Å²) in [5.74, 6) is -1.79. The molecule has 0 fully saturated rings. The molecule has 0 unspecified atom stereocenters. The smallest absolute Gasteiger partial charge is 0.390 e. The molecule has 0 aliphatic heterocycles. The second-order valence-electron chi connectivity index (χ2n) is 2.52. The van der Waals surface area contributed by atoms with Crippen LogP contribution in [-0.4, -0.2) is 36.1 Å². The largest absolute Gasteiger partial charge is 0.478 e. The van der Waals surface area contributed by atoms with Crippen molar-refractivity contribution < 1.29 is 14.8 Å². The molecule has 0 aromatic carbocycles. The maximum Gasteiger partial charge on any atom is 0.478 e. The van der Waals surface area contributed by atoms with Gasteiger partial charge in [0.25, 0.3) is 0 Å². The van der Waals surface area contributed by atoms with Crippen molar-refractivity contribution in [2.24, 2.45) is 0 Å². The predicted octanol–water partition coefficient (Wildman–Crippen LogP) is -0.629. The Morgan fingerprint density at radius 1 is 1.00 bits per heavy atom. The number of aromatic nitrogens is 3. The van der Waals surface area contributed by atoms with E-state index in [1.54, 1.807) is 0 Å². The fraction of sp³-hybridized carbons (Fsp3) is 0.500. The fourth-order valence-corrected chi connectivity index (χ4v) is 0.939. The van der Waals surface area contributed by atoms with E-state index in [9.17, 15) is 30.3 Å². The Labute approximate surface area is 85.9 Å². The van der Waals surface area contributed by atoms with Gasteiger partial charge in [-0.2, -0.15) is 4.57 Å². The van der Waals surface area contributed by atoms with Crippen LogP contribution in [0.1, 0.15) is 0 Å². The molecular weight excluding hydrogens is 228 g/mol. The fourth-order valence-electron chi connectivity index (χ4n) is 0.939. The van der Waals surface area contributed by atoms with Gasteiger partial charge >= 0.3 is 11.9 Å². The average Bonchev–Trinajstić information content (AvgIpc) is 2.57. The summed E-state index contributed by atoms with van der Waals surface area (Å²) in [4.78, 5) is 28.1. The van der Waals surface area contributed by atoms with Gasteiger partial charge in [-0.1, -0.05) is 0 Å². The predicted molar refractivity (Wildman–Crippen MR) is 45.2 cm³/mol. The SMILES string of the molecule is O=[N+]([O-])CCn1c([N+](=O)[O-])nnc1[N+](=O)[O-]. The Morgan fingerprint density at radius 2 is 1.44 bits per heavy atom. The van der Waals surface area contributed by atoms with Crippen LogP contribution in [0.25, 0.3) is 0 Å². The number of hydrogen-bond donors (Lipinski definition) is 0. The number of hydrogen-bond acceptors (Lipinski definition) is 8. The monoisotopic (exact) mass is 232 g/mol. The summed E-state index contributed by atoms with van der Waals surface area (Å²) in [5, 5.41) is 36.8. The molecule has 0 saturated heterocycles. The molecule has 0 bridgehead atoms. The molecule has 0 saturated carbocycles. The van der Waals surface area contributed by atoms with Crippen LogP contribution < -0.4 is 0 Å². The molecule has 1 heterocycles. The normalized spacial score (nSPS) is 10.0. The standard InChI is InChI=1S/C4H4N6O6/c11-8(12)2-1-7-3(9(13)14)5-6-4(7)10(15)16/h1-2H2. The zero-order chi connectivity index (χ0) is 12.3. The third kappa shape index (κ3) is 2.23. The first-order valence-corrected chi connectivity index (χ1v) is 3.77. The van der Waals surface area contributed by atoms with E-state index in [4.69, 9.17) is 0 Å². The molecule has 0 spiro atoms. The summed E-state index contributed by atoms with van der Waals surface area (Å²) in [7, 11) is 0. The van der Waals surface area contributed by atoms with E-state index >= 15 is 0 Å². The van der Waals surface area contributed by atoms with Gasteiger partial charge < -0.3 is 20.2 Å². The van der Waals surface area contributed by atoms with Gasteiger partial charge in [0, 0.05) is 4.92 Å². The van der Waals surface area contributed by atoms with Crippen molar-refractivity contribution in [2.45, 2.75) is 6.54 Å². The lowest BCUT2D eigenvalue weighted by Crippen LogP contribution is -2.14. The summed E-state index contributed by atoms with van der Waals surface area (Å²) in [5.41, 5.74) is 0. The first-order chi connectivity index (χ1) is 7.43. The summed E-state index contributed by atoms with van der Waals surface area (Å²) in [6, 6.07) is 0. The van der Waals surface area contributed by atoms with Crippen molar-refractivity contribution >= 4 is 11.9 Å². The van der Waals surface area contributed by atoms with Crippen molar-refractivity contribution in [3.05, 3.63) is 30.3 Å². The van der Waals surface area contributed by atoms with Crippen LogP contribution in [0.5, 0.6) is 0 Å². The molecule has 0 N–H and O–H groups in total. The molecule has 0 radical (unpaired) electrons. The van der Waals surface area contributed by atoms with Crippen molar-refractivity contribution in [2.75, 3.05) is 6.54 Å². The van der Waals surface area contributed by atoms with E-state index in [0.717, 1.165) is 0 Å². The van der Waals surface area contributed by atoms with Gasteiger partial charge in [-0.25, -0.2) is 0 Å². The van der Waals surface area contributed by atoms with Crippen molar-refractivity contribution in [3.63, 3.8) is 0 Å². The van der Waals surface area contributed by atoms with Crippen LogP contribution in [0.2, 0.25) is 0 Å². The molecule has 86 valence electrons. The van der Waals surface area contributed by atoms with Crippen LogP contribution in [0.3, 0.4) is 0 Å². The minimum atomic E-state index is -1.00. The maximum atomic E-state index is 10.4. The Bertz CT molecular complexity index is 420. The van der Waals surface area contributed by atoms with E-state index in [1.165, 1.54) is 0 Å². The Balaban J connectivity index is 3.08. The number of nitro groups is 3. The van der Waals surface area contributed by atoms with Crippen LogP contribution in [0.4, 0.5) is 11.9 Å². The van der Waals surface area contributed by atoms with E-state index in [0.29, 0.717) is 4.57 Å².